The molecule has 0 aromatic heterocycles. The summed E-state index contributed by atoms with van der Waals surface area (Å²) in [7, 11) is 0. The van der Waals surface area contributed by atoms with Crippen molar-refractivity contribution in [3.05, 3.63) is 0 Å². The second-order valence-electron chi connectivity index (χ2n) is 10.6. The molecule has 5 amide bonds. The summed E-state index contributed by atoms with van der Waals surface area (Å²) in [4.78, 5) is 55.8. The van der Waals surface area contributed by atoms with Crippen molar-refractivity contribution in [3.8, 4) is 0 Å². The third kappa shape index (κ3) is 5.35. The van der Waals surface area contributed by atoms with E-state index in [1.165, 1.54) is 32.1 Å². The van der Waals surface area contributed by atoms with Crippen molar-refractivity contribution < 1.29 is 19.2 Å². The summed E-state index contributed by atoms with van der Waals surface area (Å²) < 4.78 is 0. The van der Waals surface area contributed by atoms with Gasteiger partial charge in [0.25, 0.3) is 5.91 Å². The molecule has 2 aliphatic carbocycles. The van der Waals surface area contributed by atoms with Gasteiger partial charge in [0.2, 0.25) is 11.8 Å². The van der Waals surface area contributed by atoms with E-state index in [2.05, 4.69) is 12.2 Å². The van der Waals surface area contributed by atoms with Gasteiger partial charge < -0.3 is 15.1 Å². The molecule has 2 aliphatic heterocycles. The molecule has 4 aliphatic rings. The first-order valence-electron chi connectivity index (χ1n) is 13.1. The van der Waals surface area contributed by atoms with Gasteiger partial charge in [0.1, 0.15) is 12.1 Å². The predicted molar refractivity (Wildman–Crippen MR) is 124 cm³/mol. The van der Waals surface area contributed by atoms with Crippen LogP contribution in [-0.2, 0) is 14.4 Å². The lowest BCUT2D eigenvalue weighted by Crippen LogP contribution is -2.53. The van der Waals surface area contributed by atoms with Crippen molar-refractivity contribution in [2.45, 2.75) is 89.5 Å². The van der Waals surface area contributed by atoms with Crippen LogP contribution in [0.1, 0.15) is 84.0 Å². The average molecular weight is 461 g/mol. The van der Waals surface area contributed by atoms with Crippen molar-refractivity contribution >= 4 is 23.8 Å². The lowest BCUT2D eigenvalue weighted by molar-refractivity contribution is -0.142. The summed E-state index contributed by atoms with van der Waals surface area (Å²) in [5, 5.41) is 2.90. The number of carbonyl (C=O) groups is 4. The van der Waals surface area contributed by atoms with Gasteiger partial charge in [-0.25, -0.2) is 4.79 Å². The Morgan fingerprint density at radius 2 is 1.48 bits per heavy atom. The first kappa shape index (κ1) is 24.0. The zero-order valence-corrected chi connectivity index (χ0v) is 20.2. The van der Waals surface area contributed by atoms with E-state index in [9.17, 15) is 19.2 Å². The fraction of sp³-hybridized carbons (Fsp3) is 0.840. The fourth-order valence-electron chi connectivity index (χ4n) is 6.14. The zero-order chi connectivity index (χ0) is 23.4. The average Bonchev–Trinajstić information content (AvgIpc) is 3.07. The van der Waals surface area contributed by atoms with Crippen molar-refractivity contribution in [1.82, 2.24) is 20.0 Å². The summed E-state index contributed by atoms with van der Waals surface area (Å²) in [6, 6.07) is -0.445. The molecule has 8 nitrogen and oxygen atoms in total. The first-order chi connectivity index (χ1) is 15.9. The van der Waals surface area contributed by atoms with Gasteiger partial charge in [-0.15, -0.1) is 0 Å². The van der Waals surface area contributed by atoms with E-state index in [1.807, 2.05) is 4.90 Å². The Bertz CT molecular complexity index is 748. The second kappa shape index (κ2) is 10.4. The van der Waals surface area contributed by atoms with Gasteiger partial charge >= 0.3 is 6.03 Å². The molecule has 184 valence electrons. The molecule has 33 heavy (non-hydrogen) atoms. The highest BCUT2D eigenvalue weighted by Crippen LogP contribution is 2.37. The van der Waals surface area contributed by atoms with Crippen LogP contribution in [0.4, 0.5) is 4.79 Å². The van der Waals surface area contributed by atoms with E-state index in [-0.39, 0.29) is 24.3 Å². The number of rotatable bonds is 6. The number of hydrogen-bond acceptors (Lipinski definition) is 4. The molecular formula is C25H40N4O4. The van der Waals surface area contributed by atoms with E-state index in [4.69, 9.17) is 0 Å². The molecule has 2 saturated carbocycles. The molecule has 0 bridgehead atoms. The van der Waals surface area contributed by atoms with Gasteiger partial charge in [0, 0.05) is 32.6 Å². The molecule has 4 fully saturated rings. The highest BCUT2D eigenvalue weighted by atomic mass is 16.2. The lowest BCUT2D eigenvalue weighted by Gasteiger charge is -2.36. The van der Waals surface area contributed by atoms with Gasteiger partial charge in [-0.2, -0.15) is 0 Å². The SMILES string of the molecule is CCC1CCC2(CC1)NC(=O)N(CC(=O)N1CCN(C(=O)CCC3CCCCC3)CC1)C2=O. The van der Waals surface area contributed by atoms with Crippen molar-refractivity contribution in [3.63, 3.8) is 0 Å². The van der Waals surface area contributed by atoms with Crippen molar-refractivity contribution in [2.24, 2.45) is 11.8 Å². The third-order valence-corrected chi connectivity index (χ3v) is 8.55. The molecule has 4 rings (SSSR count). The van der Waals surface area contributed by atoms with Crippen LogP contribution in [0.3, 0.4) is 0 Å². The van der Waals surface area contributed by atoms with Gasteiger partial charge in [-0.3, -0.25) is 19.3 Å². The Kier molecular flexibility index (Phi) is 7.59. The number of nitrogens with one attached hydrogen (secondary N) is 1. The van der Waals surface area contributed by atoms with Crippen LogP contribution in [0.2, 0.25) is 0 Å². The summed E-state index contributed by atoms with van der Waals surface area (Å²) in [5.74, 6) is 1.03. The maximum absolute atomic E-state index is 13.1. The number of urea groups is 1. The number of piperazine rings is 1. The monoisotopic (exact) mass is 460 g/mol. The van der Waals surface area contributed by atoms with Crippen LogP contribution in [0.5, 0.6) is 0 Å². The third-order valence-electron chi connectivity index (χ3n) is 8.55. The number of nitrogens with zero attached hydrogens (tertiary/aromatic N) is 3. The van der Waals surface area contributed by atoms with E-state index in [0.29, 0.717) is 57.3 Å². The smallest absolute Gasteiger partial charge is 0.325 e. The Morgan fingerprint density at radius 1 is 0.879 bits per heavy atom. The van der Waals surface area contributed by atoms with E-state index in [1.54, 1.807) is 4.90 Å². The Balaban J connectivity index is 1.22. The fourth-order valence-corrected chi connectivity index (χ4v) is 6.14. The minimum atomic E-state index is -0.813. The van der Waals surface area contributed by atoms with Gasteiger partial charge in [-0.1, -0.05) is 45.4 Å². The van der Waals surface area contributed by atoms with Crippen LogP contribution in [-0.4, -0.2) is 76.7 Å². The number of carbonyl (C=O) groups excluding carboxylic acids is 4. The van der Waals surface area contributed by atoms with E-state index < -0.39 is 11.6 Å². The molecule has 0 radical (unpaired) electrons. The highest BCUT2D eigenvalue weighted by molar-refractivity contribution is 6.09. The van der Waals surface area contributed by atoms with Crippen molar-refractivity contribution in [2.75, 3.05) is 32.7 Å². The van der Waals surface area contributed by atoms with E-state index in [0.717, 1.165) is 30.6 Å². The lowest BCUT2D eigenvalue weighted by atomic mass is 9.75. The first-order valence-corrected chi connectivity index (χ1v) is 13.1. The Hall–Kier alpha value is -2.12. The topological polar surface area (TPSA) is 90.0 Å². The van der Waals surface area contributed by atoms with Crippen molar-refractivity contribution in [1.29, 1.82) is 0 Å². The molecule has 2 heterocycles. The molecule has 0 atom stereocenters. The molecule has 1 N–H and O–H groups in total. The minimum absolute atomic E-state index is 0.186. The van der Waals surface area contributed by atoms with E-state index >= 15 is 0 Å². The number of imide groups is 1. The van der Waals surface area contributed by atoms with Crippen LogP contribution in [0, 0.1) is 11.8 Å². The van der Waals surface area contributed by atoms with Crippen LogP contribution in [0.15, 0.2) is 0 Å². The molecule has 1 spiro atoms. The van der Waals surface area contributed by atoms with Crippen LogP contribution < -0.4 is 5.32 Å². The second-order valence-corrected chi connectivity index (χ2v) is 10.6. The Morgan fingerprint density at radius 3 is 2.09 bits per heavy atom. The molecule has 2 saturated heterocycles. The zero-order valence-electron chi connectivity index (χ0n) is 20.2. The maximum Gasteiger partial charge on any atom is 0.325 e. The van der Waals surface area contributed by atoms with Crippen LogP contribution >= 0.6 is 0 Å². The standard InChI is InChI=1S/C25H40N4O4/c1-2-19-10-12-25(13-11-19)23(32)29(24(33)26-25)18-22(31)28-16-14-27(15-17-28)21(30)9-8-20-6-4-3-5-7-20/h19-20H,2-18H2,1H3,(H,26,33). The summed E-state index contributed by atoms with van der Waals surface area (Å²) in [6.45, 7) is 3.92. The molecule has 8 heteroatoms. The quantitative estimate of drug-likeness (QED) is 0.617. The largest absolute Gasteiger partial charge is 0.339 e. The molecule has 0 aromatic rings. The summed E-state index contributed by atoms with van der Waals surface area (Å²) in [5.41, 5.74) is -0.813. The summed E-state index contributed by atoms with van der Waals surface area (Å²) in [6.07, 6.45) is 12.2. The predicted octanol–water partition coefficient (Wildman–Crippen LogP) is 2.91. The van der Waals surface area contributed by atoms with Gasteiger partial charge in [-0.05, 0) is 43.9 Å². The minimum Gasteiger partial charge on any atom is -0.339 e. The van der Waals surface area contributed by atoms with Crippen LogP contribution in [0.25, 0.3) is 0 Å². The molecule has 0 aromatic carbocycles. The molecule has 0 unspecified atom stereocenters. The number of amides is 5. The maximum atomic E-state index is 13.1. The normalized spacial score (nSPS) is 29.0. The van der Waals surface area contributed by atoms with Gasteiger partial charge in [0.05, 0.1) is 0 Å². The Labute approximate surface area is 197 Å². The highest BCUT2D eigenvalue weighted by Gasteiger charge is 2.52. The summed E-state index contributed by atoms with van der Waals surface area (Å²) >= 11 is 0. The van der Waals surface area contributed by atoms with Gasteiger partial charge in [0.15, 0.2) is 0 Å². The molecular weight excluding hydrogens is 420 g/mol. The number of hydrogen-bond donors (Lipinski definition) is 1.